The first-order chi connectivity index (χ1) is 9.65. The van der Waals surface area contributed by atoms with E-state index in [-0.39, 0.29) is 24.5 Å². The maximum atomic E-state index is 11.8. The summed E-state index contributed by atoms with van der Waals surface area (Å²) in [6, 6.07) is 9.02. The molecule has 0 fully saturated rings. The van der Waals surface area contributed by atoms with E-state index in [4.69, 9.17) is 0 Å². The van der Waals surface area contributed by atoms with Crippen LogP contribution in [0.2, 0.25) is 0 Å². The molecule has 1 amide bonds. The summed E-state index contributed by atoms with van der Waals surface area (Å²) in [7, 11) is 0. The number of ketones is 1. The number of aromatic nitrogens is 1. The molecule has 4 nitrogen and oxygen atoms in total. The molecule has 1 aromatic heterocycles. The molecular formula is C15H16N2O2S. The third kappa shape index (κ3) is 4.28. The highest BCUT2D eigenvalue weighted by Gasteiger charge is 2.09. The van der Waals surface area contributed by atoms with Crippen molar-refractivity contribution in [3.63, 3.8) is 0 Å². The molecule has 0 unspecified atom stereocenters. The fourth-order valence-electron chi connectivity index (χ4n) is 1.76. The third-order valence-corrected chi connectivity index (χ3v) is 3.63. The van der Waals surface area contributed by atoms with Crippen LogP contribution in [0, 0.1) is 6.92 Å². The van der Waals surface area contributed by atoms with E-state index in [2.05, 4.69) is 10.3 Å². The Hall–Kier alpha value is -2.01. The van der Waals surface area contributed by atoms with Crippen molar-refractivity contribution in [3.05, 3.63) is 52.0 Å². The van der Waals surface area contributed by atoms with Gasteiger partial charge in [-0.1, -0.05) is 30.3 Å². The topological polar surface area (TPSA) is 59.1 Å². The fourth-order valence-corrected chi connectivity index (χ4v) is 2.37. The second-order valence-corrected chi connectivity index (χ2v) is 5.49. The van der Waals surface area contributed by atoms with Gasteiger partial charge in [0.1, 0.15) is 0 Å². The lowest BCUT2D eigenvalue weighted by Gasteiger charge is -2.03. The standard InChI is InChI=1S/C15H16N2O2S/c1-11-17-13(10-20-11)9-16-15(19)8-7-14(18)12-5-3-2-4-6-12/h2-6,10H,7-9H2,1H3,(H,16,19). The predicted octanol–water partition coefficient (Wildman–Crippen LogP) is 2.73. The van der Waals surface area contributed by atoms with Crippen molar-refractivity contribution in [3.8, 4) is 0 Å². The van der Waals surface area contributed by atoms with Crippen molar-refractivity contribution in [2.45, 2.75) is 26.3 Å². The number of hydrogen-bond acceptors (Lipinski definition) is 4. The Balaban J connectivity index is 1.74. The van der Waals surface area contributed by atoms with E-state index < -0.39 is 0 Å². The van der Waals surface area contributed by atoms with Crippen molar-refractivity contribution >= 4 is 23.0 Å². The van der Waals surface area contributed by atoms with Gasteiger partial charge in [-0.25, -0.2) is 4.98 Å². The van der Waals surface area contributed by atoms with E-state index in [0.29, 0.717) is 12.1 Å². The average Bonchev–Trinajstić information content (AvgIpc) is 2.89. The molecule has 2 aromatic rings. The van der Waals surface area contributed by atoms with Gasteiger partial charge >= 0.3 is 0 Å². The van der Waals surface area contributed by atoms with Crippen LogP contribution in [0.25, 0.3) is 0 Å². The maximum absolute atomic E-state index is 11.8. The fraction of sp³-hybridized carbons (Fsp3) is 0.267. The zero-order valence-corrected chi connectivity index (χ0v) is 12.1. The number of amides is 1. The van der Waals surface area contributed by atoms with Crippen molar-refractivity contribution in [2.24, 2.45) is 0 Å². The molecule has 2 rings (SSSR count). The Morgan fingerprint density at radius 1 is 1.20 bits per heavy atom. The Kier molecular flexibility index (Phi) is 5.01. The number of nitrogens with one attached hydrogen (secondary N) is 1. The molecule has 0 spiro atoms. The van der Waals surface area contributed by atoms with Gasteiger partial charge in [0.15, 0.2) is 5.78 Å². The highest BCUT2D eigenvalue weighted by molar-refractivity contribution is 7.09. The molecule has 0 aliphatic heterocycles. The molecule has 0 aliphatic carbocycles. The minimum atomic E-state index is -0.125. The largest absolute Gasteiger partial charge is 0.350 e. The van der Waals surface area contributed by atoms with Gasteiger partial charge in [-0.05, 0) is 6.92 Å². The first kappa shape index (κ1) is 14.4. The summed E-state index contributed by atoms with van der Waals surface area (Å²) in [4.78, 5) is 27.8. The van der Waals surface area contributed by atoms with Crippen LogP contribution in [0.15, 0.2) is 35.7 Å². The van der Waals surface area contributed by atoms with Crippen molar-refractivity contribution < 1.29 is 9.59 Å². The van der Waals surface area contributed by atoms with E-state index in [1.165, 1.54) is 0 Å². The summed E-state index contributed by atoms with van der Waals surface area (Å²) in [5.41, 5.74) is 1.51. The van der Waals surface area contributed by atoms with Crippen LogP contribution in [0.1, 0.15) is 33.9 Å². The molecule has 1 aromatic carbocycles. The minimum absolute atomic E-state index is 0.00903. The van der Waals surface area contributed by atoms with Gasteiger partial charge < -0.3 is 5.32 Å². The number of benzene rings is 1. The smallest absolute Gasteiger partial charge is 0.220 e. The van der Waals surface area contributed by atoms with E-state index in [0.717, 1.165) is 10.7 Å². The average molecular weight is 288 g/mol. The van der Waals surface area contributed by atoms with Gasteiger partial charge in [-0.15, -0.1) is 11.3 Å². The van der Waals surface area contributed by atoms with Crippen molar-refractivity contribution in [1.29, 1.82) is 0 Å². The molecule has 20 heavy (non-hydrogen) atoms. The SMILES string of the molecule is Cc1nc(CNC(=O)CCC(=O)c2ccccc2)cs1. The quantitative estimate of drug-likeness (QED) is 0.831. The number of carbonyl (C=O) groups excluding carboxylic acids is 2. The first-order valence-electron chi connectivity index (χ1n) is 6.41. The summed E-state index contributed by atoms with van der Waals surface area (Å²) in [5.74, 6) is -0.134. The highest BCUT2D eigenvalue weighted by Crippen LogP contribution is 2.08. The van der Waals surface area contributed by atoms with Crippen LogP contribution >= 0.6 is 11.3 Å². The molecular weight excluding hydrogens is 272 g/mol. The van der Waals surface area contributed by atoms with Crippen LogP contribution in [0.4, 0.5) is 0 Å². The number of carbonyl (C=O) groups is 2. The maximum Gasteiger partial charge on any atom is 0.220 e. The zero-order valence-electron chi connectivity index (χ0n) is 11.3. The third-order valence-electron chi connectivity index (χ3n) is 2.81. The lowest BCUT2D eigenvalue weighted by Crippen LogP contribution is -2.23. The van der Waals surface area contributed by atoms with Crippen LogP contribution < -0.4 is 5.32 Å². The summed E-state index contributed by atoms with van der Waals surface area (Å²) in [6.45, 7) is 2.34. The van der Waals surface area contributed by atoms with Gasteiger partial charge in [0, 0.05) is 23.8 Å². The Morgan fingerprint density at radius 3 is 2.60 bits per heavy atom. The van der Waals surface area contributed by atoms with E-state index in [1.807, 2.05) is 30.5 Å². The first-order valence-corrected chi connectivity index (χ1v) is 7.29. The lowest BCUT2D eigenvalue weighted by molar-refractivity contribution is -0.121. The van der Waals surface area contributed by atoms with Gasteiger partial charge in [0.2, 0.25) is 5.91 Å². The normalized spacial score (nSPS) is 10.2. The monoisotopic (exact) mass is 288 g/mol. The van der Waals surface area contributed by atoms with Gasteiger partial charge in [-0.3, -0.25) is 9.59 Å². The lowest BCUT2D eigenvalue weighted by atomic mass is 10.1. The number of thiazole rings is 1. The molecule has 0 saturated heterocycles. The van der Waals surface area contributed by atoms with Crippen LogP contribution in [-0.2, 0) is 11.3 Å². The summed E-state index contributed by atoms with van der Waals surface area (Å²) in [6.07, 6.45) is 0.433. The number of aryl methyl sites for hydroxylation is 1. The van der Waals surface area contributed by atoms with Gasteiger partial charge in [0.25, 0.3) is 0 Å². The summed E-state index contributed by atoms with van der Waals surface area (Å²) in [5, 5.41) is 5.67. The second kappa shape index (κ2) is 6.96. The van der Waals surface area contributed by atoms with Crippen LogP contribution in [-0.4, -0.2) is 16.7 Å². The molecule has 0 radical (unpaired) electrons. The van der Waals surface area contributed by atoms with Gasteiger partial charge in [0.05, 0.1) is 17.2 Å². The van der Waals surface area contributed by atoms with E-state index in [1.54, 1.807) is 23.5 Å². The number of nitrogens with zero attached hydrogens (tertiary/aromatic N) is 1. The van der Waals surface area contributed by atoms with Crippen LogP contribution in [0.3, 0.4) is 0 Å². The summed E-state index contributed by atoms with van der Waals surface area (Å²) >= 11 is 1.56. The minimum Gasteiger partial charge on any atom is -0.350 e. The zero-order chi connectivity index (χ0) is 14.4. The molecule has 0 aliphatic rings. The summed E-state index contributed by atoms with van der Waals surface area (Å²) < 4.78 is 0. The Bertz CT molecular complexity index is 593. The van der Waals surface area contributed by atoms with Crippen molar-refractivity contribution in [1.82, 2.24) is 10.3 Å². The van der Waals surface area contributed by atoms with Crippen molar-refractivity contribution in [2.75, 3.05) is 0 Å². The highest BCUT2D eigenvalue weighted by atomic mass is 32.1. The molecule has 0 atom stereocenters. The van der Waals surface area contributed by atoms with E-state index in [9.17, 15) is 9.59 Å². The molecule has 0 saturated carbocycles. The Morgan fingerprint density at radius 2 is 1.95 bits per heavy atom. The van der Waals surface area contributed by atoms with Gasteiger partial charge in [-0.2, -0.15) is 0 Å². The number of Topliss-reactive ketones (excluding diaryl/α,β-unsaturated/α-hetero) is 1. The second-order valence-electron chi connectivity index (χ2n) is 4.42. The Labute approximate surface area is 121 Å². The molecule has 1 heterocycles. The number of hydrogen-bond donors (Lipinski definition) is 1. The molecule has 1 N–H and O–H groups in total. The van der Waals surface area contributed by atoms with Crippen LogP contribution in [0.5, 0.6) is 0 Å². The van der Waals surface area contributed by atoms with E-state index >= 15 is 0 Å². The number of rotatable bonds is 6. The predicted molar refractivity (Wildman–Crippen MR) is 78.7 cm³/mol. The molecule has 5 heteroatoms. The molecule has 0 bridgehead atoms. The molecule has 104 valence electrons.